The molecule has 3 atom stereocenters. The van der Waals surface area contributed by atoms with E-state index in [4.69, 9.17) is 4.74 Å². The van der Waals surface area contributed by atoms with Crippen LogP contribution in [0.5, 0.6) is 0 Å². The number of hydrogen-bond acceptors (Lipinski definition) is 4. The lowest BCUT2D eigenvalue weighted by Crippen LogP contribution is -2.36. The Labute approximate surface area is 108 Å². The smallest absolute Gasteiger partial charge is 0.310 e. The van der Waals surface area contributed by atoms with Crippen molar-refractivity contribution in [2.45, 2.75) is 45.0 Å². The lowest BCUT2D eigenvalue weighted by atomic mass is 9.89. The van der Waals surface area contributed by atoms with Crippen LogP contribution in [0.4, 0.5) is 0 Å². The third kappa shape index (κ3) is 2.46. The second-order valence-electron chi connectivity index (χ2n) is 6.20. The summed E-state index contributed by atoms with van der Waals surface area (Å²) in [5, 5.41) is -0.689. The average molecular weight is 272 g/mol. The van der Waals surface area contributed by atoms with Crippen LogP contribution < -0.4 is 0 Å². The van der Waals surface area contributed by atoms with Gasteiger partial charge in [0.15, 0.2) is 9.84 Å². The highest BCUT2D eigenvalue weighted by atomic mass is 32.2. The summed E-state index contributed by atoms with van der Waals surface area (Å²) in [4.78, 5) is 12.1. The fourth-order valence-corrected chi connectivity index (χ4v) is 4.75. The molecule has 0 aromatic carbocycles. The third-order valence-corrected chi connectivity index (χ3v) is 5.77. The van der Waals surface area contributed by atoms with Crippen molar-refractivity contribution in [3.63, 3.8) is 0 Å². The van der Waals surface area contributed by atoms with Gasteiger partial charge in [-0.2, -0.15) is 0 Å². The fourth-order valence-electron chi connectivity index (χ4n) is 2.44. The van der Waals surface area contributed by atoms with Crippen LogP contribution in [0.3, 0.4) is 0 Å². The molecule has 1 saturated heterocycles. The van der Waals surface area contributed by atoms with E-state index in [2.05, 4.69) is 0 Å². The highest BCUT2D eigenvalue weighted by Crippen LogP contribution is 2.34. The van der Waals surface area contributed by atoms with Gasteiger partial charge >= 0.3 is 5.97 Å². The lowest BCUT2D eigenvalue weighted by molar-refractivity contribution is -0.157. The van der Waals surface area contributed by atoms with E-state index in [1.54, 1.807) is 6.08 Å². The van der Waals surface area contributed by atoms with Gasteiger partial charge in [-0.1, -0.05) is 32.9 Å². The highest BCUT2D eigenvalue weighted by molar-refractivity contribution is 7.92. The van der Waals surface area contributed by atoms with Crippen LogP contribution in [0.2, 0.25) is 0 Å². The number of ether oxygens (including phenoxy) is 1. The normalized spacial score (nSPS) is 35.5. The van der Waals surface area contributed by atoms with Crippen molar-refractivity contribution in [1.82, 2.24) is 0 Å². The molecule has 0 amide bonds. The van der Waals surface area contributed by atoms with Gasteiger partial charge in [-0.05, 0) is 18.3 Å². The molecule has 0 N–H and O–H groups in total. The molecule has 5 heteroatoms. The predicted molar refractivity (Wildman–Crippen MR) is 68.8 cm³/mol. The van der Waals surface area contributed by atoms with Crippen LogP contribution in [-0.2, 0) is 19.4 Å². The van der Waals surface area contributed by atoms with Crippen LogP contribution in [-0.4, -0.2) is 31.5 Å². The summed E-state index contributed by atoms with van der Waals surface area (Å²) in [6.45, 7) is 5.68. The summed E-state index contributed by atoms with van der Waals surface area (Å²) in [5.41, 5.74) is -0.361. The van der Waals surface area contributed by atoms with Gasteiger partial charge in [0.05, 0.1) is 16.9 Å². The second kappa shape index (κ2) is 4.37. The molecule has 1 aliphatic carbocycles. The molecule has 18 heavy (non-hydrogen) atoms. The molecule has 1 fully saturated rings. The first-order valence-corrected chi connectivity index (χ1v) is 8.02. The first kappa shape index (κ1) is 13.6. The summed E-state index contributed by atoms with van der Waals surface area (Å²) in [6.07, 6.45) is 4.26. The number of cyclic esters (lactones) is 1. The minimum atomic E-state index is -3.32. The fraction of sp³-hybridized carbons (Fsp3) is 0.769. The Kier molecular flexibility index (Phi) is 3.30. The van der Waals surface area contributed by atoms with E-state index < -0.39 is 27.1 Å². The van der Waals surface area contributed by atoms with Crippen molar-refractivity contribution in [2.24, 2.45) is 11.3 Å². The van der Waals surface area contributed by atoms with Crippen molar-refractivity contribution in [3.8, 4) is 0 Å². The molecule has 0 aromatic heterocycles. The topological polar surface area (TPSA) is 60.4 Å². The van der Waals surface area contributed by atoms with Crippen molar-refractivity contribution >= 4 is 15.8 Å². The molecule has 2 rings (SSSR count). The minimum Gasteiger partial charge on any atom is -0.460 e. The van der Waals surface area contributed by atoms with Gasteiger partial charge in [0, 0.05) is 0 Å². The molecular formula is C13H20O4S. The number of hydrogen-bond donors (Lipinski definition) is 0. The predicted octanol–water partition coefficient (Wildman–Crippen LogP) is 1.71. The summed E-state index contributed by atoms with van der Waals surface area (Å²) in [7, 11) is -3.32. The first-order chi connectivity index (χ1) is 8.22. The van der Waals surface area contributed by atoms with Gasteiger partial charge in [0.25, 0.3) is 0 Å². The summed E-state index contributed by atoms with van der Waals surface area (Å²) in [6, 6.07) is 0. The summed E-state index contributed by atoms with van der Waals surface area (Å²) in [5.74, 6) is -0.953. The molecule has 0 saturated carbocycles. The second-order valence-corrected chi connectivity index (χ2v) is 8.40. The van der Waals surface area contributed by atoms with Gasteiger partial charge in [-0.15, -0.1) is 0 Å². The Morgan fingerprint density at radius 1 is 1.33 bits per heavy atom. The molecule has 1 aliphatic heterocycles. The van der Waals surface area contributed by atoms with Crippen LogP contribution >= 0.6 is 0 Å². The maximum absolute atomic E-state index is 12.4. The number of carbonyl (C=O) groups excluding carboxylic acids is 1. The quantitative estimate of drug-likeness (QED) is 0.497. The first-order valence-electron chi connectivity index (χ1n) is 6.30. The summed E-state index contributed by atoms with van der Waals surface area (Å²) < 4.78 is 30.1. The van der Waals surface area contributed by atoms with Crippen LogP contribution in [0.1, 0.15) is 33.6 Å². The van der Waals surface area contributed by atoms with Crippen LogP contribution in [0.15, 0.2) is 12.2 Å². The number of allylic oxidation sites excluding steroid dienone is 1. The van der Waals surface area contributed by atoms with Crippen molar-refractivity contribution in [2.75, 3.05) is 5.75 Å². The van der Waals surface area contributed by atoms with E-state index in [9.17, 15) is 13.2 Å². The van der Waals surface area contributed by atoms with E-state index in [0.717, 1.165) is 6.42 Å². The molecule has 4 nitrogen and oxygen atoms in total. The molecule has 1 heterocycles. The minimum absolute atomic E-state index is 0.0756. The van der Waals surface area contributed by atoms with Gasteiger partial charge in [0.2, 0.25) is 0 Å². The van der Waals surface area contributed by atoms with E-state index in [1.807, 2.05) is 26.8 Å². The SMILES string of the molecule is CC(C)(C)[C@H]1CS(=O)(=O)[C@@H]2C=CCC[C@@H]2C(=O)O1. The van der Waals surface area contributed by atoms with E-state index >= 15 is 0 Å². The zero-order valence-electron chi connectivity index (χ0n) is 11.0. The maximum atomic E-state index is 12.4. The van der Waals surface area contributed by atoms with E-state index in [1.165, 1.54) is 0 Å². The van der Waals surface area contributed by atoms with E-state index in [0.29, 0.717) is 6.42 Å². The molecule has 102 valence electrons. The van der Waals surface area contributed by atoms with E-state index in [-0.39, 0.29) is 17.1 Å². The number of fused-ring (bicyclic) bond motifs is 1. The number of esters is 1. The molecular weight excluding hydrogens is 252 g/mol. The van der Waals surface area contributed by atoms with Crippen molar-refractivity contribution < 1.29 is 17.9 Å². The Morgan fingerprint density at radius 3 is 2.61 bits per heavy atom. The molecule has 0 unspecified atom stereocenters. The number of carbonyl (C=O) groups is 1. The molecule has 0 radical (unpaired) electrons. The largest absolute Gasteiger partial charge is 0.460 e. The highest BCUT2D eigenvalue weighted by Gasteiger charge is 2.46. The standard InChI is InChI=1S/C13H20O4S/c1-13(2,3)11-8-18(15,16)10-7-5-4-6-9(10)12(14)17-11/h5,7,9-11H,4,6,8H2,1-3H3/t9-,10+,11+/m0/s1. The molecule has 0 aromatic rings. The number of sulfone groups is 1. The van der Waals surface area contributed by atoms with Crippen molar-refractivity contribution in [1.29, 1.82) is 0 Å². The third-order valence-electron chi connectivity index (χ3n) is 3.69. The average Bonchev–Trinajstić information content (AvgIpc) is 2.35. The number of rotatable bonds is 0. The Morgan fingerprint density at radius 2 is 2.00 bits per heavy atom. The van der Waals surface area contributed by atoms with Crippen molar-refractivity contribution in [3.05, 3.63) is 12.2 Å². The Balaban J connectivity index is 2.40. The molecule has 2 aliphatic rings. The monoisotopic (exact) mass is 272 g/mol. The van der Waals surface area contributed by atoms with Gasteiger partial charge in [-0.25, -0.2) is 8.42 Å². The molecule has 0 bridgehead atoms. The van der Waals surface area contributed by atoms with Crippen LogP contribution in [0, 0.1) is 11.3 Å². The summed E-state index contributed by atoms with van der Waals surface area (Å²) >= 11 is 0. The zero-order chi connectivity index (χ0) is 13.6. The Bertz CT molecular complexity index is 470. The van der Waals surface area contributed by atoms with Gasteiger partial charge < -0.3 is 4.74 Å². The Hall–Kier alpha value is -0.840. The van der Waals surface area contributed by atoms with Crippen LogP contribution in [0.25, 0.3) is 0 Å². The zero-order valence-corrected chi connectivity index (χ0v) is 11.9. The van der Waals surface area contributed by atoms with Gasteiger partial charge in [-0.3, -0.25) is 4.79 Å². The molecule has 0 spiro atoms. The maximum Gasteiger partial charge on any atom is 0.310 e. The van der Waals surface area contributed by atoms with Gasteiger partial charge in [0.1, 0.15) is 6.10 Å². The lowest BCUT2D eigenvalue weighted by Gasteiger charge is -2.28.